The molecular weight excluding hydrogens is 303 g/mol. The number of halogens is 1. The van der Waals surface area contributed by atoms with Crippen LogP contribution < -0.4 is 5.73 Å². The van der Waals surface area contributed by atoms with E-state index in [1.807, 2.05) is 22.6 Å². The lowest BCUT2D eigenvalue weighted by atomic mass is 10.1. The standard InChI is InChI=1S/C10H15IN4/c11-10(14)9(13)3-8(4-12)6-15-5-7-1-2-7/h4,6-7,13-14H,1-3,5,12H2. The van der Waals surface area contributed by atoms with Gasteiger partial charge in [-0.1, -0.05) is 0 Å². The van der Waals surface area contributed by atoms with Crippen LogP contribution in [0.3, 0.4) is 0 Å². The van der Waals surface area contributed by atoms with E-state index in [-0.39, 0.29) is 9.43 Å². The Bertz CT molecular complexity index is 315. The molecule has 4 N–H and O–H groups in total. The summed E-state index contributed by atoms with van der Waals surface area (Å²) in [4.78, 5) is 4.27. The van der Waals surface area contributed by atoms with Crippen LogP contribution in [0.5, 0.6) is 0 Å². The summed E-state index contributed by atoms with van der Waals surface area (Å²) >= 11 is 1.82. The van der Waals surface area contributed by atoms with E-state index >= 15 is 0 Å². The minimum absolute atomic E-state index is 0.252. The Balaban J connectivity index is 2.37. The van der Waals surface area contributed by atoms with E-state index in [9.17, 15) is 0 Å². The summed E-state index contributed by atoms with van der Waals surface area (Å²) in [7, 11) is 0. The van der Waals surface area contributed by atoms with Crippen molar-refractivity contribution in [2.24, 2.45) is 16.6 Å². The molecule has 0 radical (unpaired) electrons. The van der Waals surface area contributed by atoms with Gasteiger partial charge in [0.1, 0.15) is 3.72 Å². The van der Waals surface area contributed by atoms with Crippen molar-refractivity contribution in [1.29, 1.82) is 10.8 Å². The van der Waals surface area contributed by atoms with Gasteiger partial charge in [-0.15, -0.1) is 0 Å². The third-order valence-electron chi connectivity index (χ3n) is 2.18. The van der Waals surface area contributed by atoms with Gasteiger partial charge in [0.15, 0.2) is 0 Å². The highest BCUT2D eigenvalue weighted by molar-refractivity contribution is 14.1. The topological polar surface area (TPSA) is 86.1 Å². The molecule has 0 aliphatic heterocycles. The molecule has 0 atom stereocenters. The molecular formula is C10H15IN4. The van der Waals surface area contributed by atoms with Crippen molar-refractivity contribution in [2.75, 3.05) is 6.54 Å². The second-order valence-corrected chi connectivity index (χ2v) is 4.73. The number of rotatable bonds is 6. The highest BCUT2D eigenvalue weighted by Gasteiger charge is 2.19. The second kappa shape index (κ2) is 5.99. The van der Waals surface area contributed by atoms with Crippen LogP contribution in [0.25, 0.3) is 0 Å². The van der Waals surface area contributed by atoms with Crippen molar-refractivity contribution < 1.29 is 0 Å². The Hall–Kier alpha value is -0.720. The van der Waals surface area contributed by atoms with E-state index in [0.717, 1.165) is 18.0 Å². The SMILES string of the molecule is N=C(I)C(=N)CC(C=NCC1CC1)=CN. The van der Waals surface area contributed by atoms with Gasteiger partial charge in [0.25, 0.3) is 0 Å². The van der Waals surface area contributed by atoms with Crippen molar-refractivity contribution in [2.45, 2.75) is 19.3 Å². The molecule has 1 aliphatic rings. The van der Waals surface area contributed by atoms with Crippen LogP contribution in [0.1, 0.15) is 19.3 Å². The number of nitrogens with one attached hydrogen (secondary N) is 2. The lowest BCUT2D eigenvalue weighted by molar-refractivity contribution is 0.851. The number of nitrogens with two attached hydrogens (primary N) is 1. The van der Waals surface area contributed by atoms with Crippen molar-refractivity contribution in [3.8, 4) is 0 Å². The third kappa shape index (κ3) is 5.06. The maximum atomic E-state index is 7.52. The van der Waals surface area contributed by atoms with Crippen molar-refractivity contribution in [3.63, 3.8) is 0 Å². The zero-order chi connectivity index (χ0) is 11.3. The fourth-order valence-electron chi connectivity index (χ4n) is 1.05. The van der Waals surface area contributed by atoms with E-state index in [1.54, 1.807) is 6.21 Å². The van der Waals surface area contributed by atoms with Crippen molar-refractivity contribution in [3.05, 3.63) is 11.8 Å². The van der Waals surface area contributed by atoms with Gasteiger partial charge in [0, 0.05) is 19.2 Å². The average molecular weight is 318 g/mol. The average Bonchev–Trinajstić information content (AvgIpc) is 2.99. The maximum Gasteiger partial charge on any atom is 0.113 e. The normalized spacial score (nSPS) is 17.0. The highest BCUT2D eigenvalue weighted by atomic mass is 127. The molecule has 0 bridgehead atoms. The molecule has 1 saturated carbocycles. The molecule has 0 spiro atoms. The van der Waals surface area contributed by atoms with Crippen LogP contribution in [0.2, 0.25) is 0 Å². The number of hydrogen-bond acceptors (Lipinski definition) is 4. The summed E-state index contributed by atoms with van der Waals surface area (Å²) < 4.78 is 0.252. The van der Waals surface area contributed by atoms with Gasteiger partial charge in [-0.3, -0.25) is 10.4 Å². The van der Waals surface area contributed by atoms with Crippen LogP contribution in [-0.2, 0) is 0 Å². The smallest absolute Gasteiger partial charge is 0.113 e. The van der Waals surface area contributed by atoms with E-state index in [4.69, 9.17) is 16.6 Å². The molecule has 0 aromatic rings. The predicted molar refractivity (Wildman–Crippen MR) is 72.4 cm³/mol. The monoisotopic (exact) mass is 318 g/mol. The number of hydrogen-bond donors (Lipinski definition) is 3. The van der Waals surface area contributed by atoms with Crippen molar-refractivity contribution >= 4 is 38.2 Å². The van der Waals surface area contributed by atoms with Gasteiger partial charge in [-0.25, -0.2) is 0 Å². The third-order valence-corrected chi connectivity index (χ3v) is 2.83. The first-order chi connectivity index (χ1) is 7.13. The van der Waals surface area contributed by atoms with Crippen LogP contribution in [0.15, 0.2) is 16.8 Å². The fourth-order valence-corrected chi connectivity index (χ4v) is 1.24. The summed E-state index contributed by atoms with van der Waals surface area (Å²) in [6.07, 6.45) is 6.16. The Labute approximate surface area is 103 Å². The van der Waals surface area contributed by atoms with Crippen molar-refractivity contribution in [1.82, 2.24) is 0 Å². The molecule has 5 heteroatoms. The molecule has 1 aliphatic carbocycles. The summed E-state index contributed by atoms with van der Waals surface area (Å²) in [5.41, 5.74) is 6.52. The Kier molecular flexibility index (Phi) is 4.93. The number of nitrogens with zero attached hydrogens (tertiary/aromatic N) is 1. The summed E-state index contributed by atoms with van der Waals surface area (Å²) in [5, 5.41) is 14.8. The molecule has 0 aromatic heterocycles. The van der Waals surface area contributed by atoms with E-state index in [1.165, 1.54) is 19.0 Å². The van der Waals surface area contributed by atoms with Gasteiger partial charge < -0.3 is 11.1 Å². The molecule has 15 heavy (non-hydrogen) atoms. The summed E-state index contributed by atoms with van der Waals surface area (Å²) in [6.45, 7) is 0.867. The number of aliphatic imine (C=N–C) groups is 1. The lowest BCUT2D eigenvalue weighted by Crippen LogP contribution is -2.07. The Morgan fingerprint density at radius 1 is 1.47 bits per heavy atom. The first-order valence-corrected chi connectivity index (χ1v) is 5.93. The molecule has 0 aromatic carbocycles. The van der Waals surface area contributed by atoms with E-state index < -0.39 is 0 Å². The van der Waals surface area contributed by atoms with Crippen LogP contribution in [0, 0.1) is 16.7 Å². The molecule has 1 fully saturated rings. The molecule has 0 amide bonds. The summed E-state index contributed by atoms with van der Waals surface area (Å²) in [6, 6.07) is 0. The second-order valence-electron chi connectivity index (χ2n) is 3.65. The van der Waals surface area contributed by atoms with Gasteiger partial charge in [-0.05, 0) is 53.1 Å². The highest BCUT2D eigenvalue weighted by Crippen LogP contribution is 2.28. The molecule has 1 rings (SSSR count). The molecule has 0 unspecified atom stereocenters. The fraction of sp³-hybridized carbons (Fsp3) is 0.500. The van der Waals surface area contributed by atoms with Crippen LogP contribution >= 0.6 is 22.6 Å². The lowest BCUT2D eigenvalue weighted by Gasteiger charge is -2.00. The Morgan fingerprint density at radius 3 is 2.60 bits per heavy atom. The minimum atomic E-state index is 0.252. The van der Waals surface area contributed by atoms with Crippen LogP contribution in [0.4, 0.5) is 0 Å². The first-order valence-electron chi connectivity index (χ1n) is 4.86. The minimum Gasteiger partial charge on any atom is -0.404 e. The van der Waals surface area contributed by atoms with Gasteiger partial charge >= 0.3 is 0 Å². The zero-order valence-electron chi connectivity index (χ0n) is 8.46. The zero-order valence-corrected chi connectivity index (χ0v) is 10.6. The Morgan fingerprint density at radius 2 is 2.13 bits per heavy atom. The van der Waals surface area contributed by atoms with Gasteiger partial charge in [0.05, 0.1) is 5.71 Å². The molecule has 4 nitrogen and oxygen atoms in total. The van der Waals surface area contributed by atoms with Crippen LogP contribution in [-0.4, -0.2) is 22.2 Å². The van der Waals surface area contributed by atoms with Gasteiger partial charge in [-0.2, -0.15) is 0 Å². The van der Waals surface area contributed by atoms with Gasteiger partial charge in [0.2, 0.25) is 0 Å². The largest absolute Gasteiger partial charge is 0.404 e. The molecule has 0 saturated heterocycles. The van der Waals surface area contributed by atoms with E-state index in [0.29, 0.717) is 6.42 Å². The quantitative estimate of drug-likeness (QED) is 0.508. The molecule has 0 heterocycles. The molecule has 82 valence electrons. The first kappa shape index (κ1) is 12.4. The summed E-state index contributed by atoms with van der Waals surface area (Å²) in [5.74, 6) is 0.766. The number of allylic oxidation sites excluding steroid dienone is 1. The maximum absolute atomic E-state index is 7.52. The predicted octanol–water partition coefficient (Wildman–Crippen LogP) is 2.13. The van der Waals surface area contributed by atoms with E-state index in [2.05, 4.69) is 4.99 Å².